The first-order chi connectivity index (χ1) is 4.04. The minimum atomic E-state index is -1.09. The molecule has 0 aliphatic carbocycles. The highest BCUT2D eigenvalue weighted by molar-refractivity contribution is 6.34. The van der Waals surface area contributed by atoms with Crippen LogP contribution in [0.3, 0.4) is 0 Å². The van der Waals surface area contributed by atoms with Crippen LogP contribution in [0.4, 0.5) is 0 Å². The number of allylic oxidation sites excluding steroid dienone is 1. The number of halogens is 2. The first-order valence-corrected chi connectivity index (χ1v) is 3.06. The van der Waals surface area contributed by atoms with E-state index in [1.54, 1.807) is 6.92 Å². The predicted octanol–water partition coefficient (Wildman–Crippen LogP) is 1.82. The van der Waals surface area contributed by atoms with Gasteiger partial charge in [0.05, 0.1) is 0 Å². The summed E-state index contributed by atoms with van der Waals surface area (Å²) in [6.07, 6.45) is 1.26. The standard InChI is InChI=1S/C5H6Cl2O2/c1-3(6)2-4(7)5(8)9/h2,4H,1H3,(H,8,9)/b3-2-. The average Bonchev–Trinajstić information content (AvgIpc) is 1.63. The molecule has 0 heterocycles. The van der Waals surface area contributed by atoms with Gasteiger partial charge < -0.3 is 5.11 Å². The molecule has 0 radical (unpaired) electrons. The van der Waals surface area contributed by atoms with Crippen LogP contribution in [0.15, 0.2) is 11.1 Å². The van der Waals surface area contributed by atoms with E-state index < -0.39 is 11.3 Å². The molecule has 0 rings (SSSR count). The van der Waals surface area contributed by atoms with Crippen LogP contribution in [0.25, 0.3) is 0 Å². The van der Waals surface area contributed by atoms with Crippen molar-refractivity contribution in [1.82, 2.24) is 0 Å². The van der Waals surface area contributed by atoms with Crippen molar-refractivity contribution in [3.63, 3.8) is 0 Å². The number of hydrogen-bond acceptors (Lipinski definition) is 1. The van der Waals surface area contributed by atoms with Crippen molar-refractivity contribution in [3.8, 4) is 0 Å². The fourth-order valence-corrected chi connectivity index (χ4v) is 0.652. The Morgan fingerprint density at radius 1 is 1.78 bits per heavy atom. The van der Waals surface area contributed by atoms with Gasteiger partial charge in [-0.1, -0.05) is 11.6 Å². The Hall–Kier alpha value is -0.210. The van der Waals surface area contributed by atoms with E-state index in [1.807, 2.05) is 0 Å². The second-order valence-electron chi connectivity index (χ2n) is 1.49. The van der Waals surface area contributed by atoms with E-state index in [-0.39, 0.29) is 0 Å². The zero-order valence-corrected chi connectivity index (χ0v) is 6.28. The van der Waals surface area contributed by atoms with Crippen molar-refractivity contribution >= 4 is 29.2 Å². The van der Waals surface area contributed by atoms with E-state index in [2.05, 4.69) is 0 Å². The number of aliphatic carboxylic acids is 1. The lowest BCUT2D eigenvalue weighted by molar-refractivity contribution is -0.135. The molecule has 1 N–H and O–H groups in total. The molecule has 2 nitrogen and oxygen atoms in total. The van der Waals surface area contributed by atoms with Crippen LogP contribution in [0.1, 0.15) is 6.92 Å². The summed E-state index contributed by atoms with van der Waals surface area (Å²) in [7, 11) is 0. The molecule has 0 aromatic rings. The zero-order valence-electron chi connectivity index (χ0n) is 4.77. The molecule has 52 valence electrons. The molecule has 4 heteroatoms. The van der Waals surface area contributed by atoms with Crippen molar-refractivity contribution in [1.29, 1.82) is 0 Å². The van der Waals surface area contributed by atoms with Gasteiger partial charge in [-0.25, -0.2) is 0 Å². The predicted molar refractivity (Wildman–Crippen MR) is 36.9 cm³/mol. The molecule has 0 bridgehead atoms. The lowest BCUT2D eigenvalue weighted by atomic mass is 10.4. The van der Waals surface area contributed by atoms with Gasteiger partial charge >= 0.3 is 5.97 Å². The summed E-state index contributed by atoms with van der Waals surface area (Å²) in [6.45, 7) is 1.57. The van der Waals surface area contributed by atoms with Gasteiger partial charge in [0.2, 0.25) is 0 Å². The van der Waals surface area contributed by atoms with Gasteiger partial charge in [0.25, 0.3) is 0 Å². The minimum Gasteiger partial charge on any atom is -0.480 e. The van der Waals surface area contributed by atoms with Gasteiger partial charge in [0.1, 0.15) is 0 Å². The second-order valence-corrected chi connectivity index (χ2v) is 2.56. The first-order valence-electron chi connectivity index (χ1n) is 2.25. The van der Waals surface area contributed by atoms with E-state index in [4.69, 9.17) is 28.3 Å². The van der Waals surface area contributed by atoms with Crippen LogP contribution in [0.2, 0.25) is 0 Å². The van der Waals surface area contributed by atoms with E-state index in [0.29, 0.717) is 5.03 Å². The van der Waals surface area contributed by atoms with Gasteiger partial charge in [0.15, 0.2) is 5.38 Å². The summed E-state index contributed by atoms with van der Waals surface area (Å²) >= 11 is 10.6. The molecule has 0 fully saturated rings. The van der Waals surface area contributed by atoms with E-state index >= 15 is 0 Å². The number of hydrogen-bond donors (Lipinski definition) is 1. The van der Waals surface area contributed by atoms with Crippen LogP contribution >= 0.6 is 23.2 Å². The zero-order chi connectivity index (χ0) is 7.44. The number of rotatable bonds is 2. The normalized spacial score (nSPS) is 15.2. The van der Waals surface area contributed by atoms with Gasteiger partial charge in [-0.15, -0.1) is 11.6 Å². The van der Waals surface area contributed by atoms with E-state index in [9.17, 15) is 4.79 Å². The highest BCUT2D eigenvalue weighted by Crippen LogP contribution is 2.05. The largest absolute Gasteiger partial charge is 0.480 e. The lowest BCUT2D eigenvalue weighted by Crippen LogP contribution is -2.09. The highest BCUT2D eigenvalue weighted by atomic mass is 35.5. The summed E-state index contributed by atoms with van der Waals surface area (Å²) in [5.74, 6) is -1.09. The molecule has 0 aromatic carbocycles. The monoisotopic (exact) mass is 168 g/mol. The molecule has 1 atom stereocenters. The Kier molecular flexibility index (Phi) is 3.66. The van der Waals surface area contributed by atoms with Crippen LogP contribution in [0.5, 0.6) is 0 Å². The Bertz CT molecular complexity index is 138. The number of carboxylic acid groups (broad SMARTS) is 1. The first kappa shape index (κ1) is 8.79. The molecule has 0 aliphatic rings. The maximum atomic E-state index is 10.00. The minimum absolute atomic E-state index is 0.386. The molecule has 0 saturated carbocycles. The topological polar surface area (TPSA) is 37.3 Å². The van der Waals surface area contributed by atoms with Crippen molar-refractivity contribution in [2.75, 3.05) is 0 Å². The third-order valence-corrected chi connectivity index (χ3v) is 1.05. The summed E-state index contributed by atoms with van der Waals surface area (Å²) in [5.41, 5.74) is 0. The van der Waals surface area contributed by atoms with Crippen molar-refractivity contribution in [2.24, 2.45) is 0 Å². The summed E-state index contributed by atoms with van der Waals surface area (Å²) in [5, 5.41) is 7.57. The molecule has 0 amide bonds. The Labute approximate surface area is 63.1 Å². The molecule has 0 aliphatic heterocycles. The smallest absolute Gasteiger partial charge is 0.325 e. The molecular weight excluding hydrogens is 163 g/mol. The van der Waals surface area contributed by atoms with Gasteiger partial charge in [-0.3, -0.25) is 4.79 Å². The van der Waals surface area contributed by atoms with Gasteiger partial charge in [0, 0.05) is 5.03 Å². The number of carbonyl (C=O) groups is 1. The Balaban J connectivity index is 3.91. The molecule has 9 heavy (non-hydrogen) atoms. The molecule has 0 aromatic heterocycles. The summed E-state index contributed by atoms with van der Waals surface area (Å²) in [6, 6.07) is 0. The summed E-state index contributed by atoms with van der Waals surface area (Å²) < 4.78 is 0. The maximum Gasteiger partial charge on any atom is 0.325 e. The quantitative estimate of drug-likeness (QED) is 0.640. The molecule has 1 unspecified atom stereocenters. The molecule has 0 spiro atoms. The third-order valence-electron chi connectivity index (χ3n) is 0.612. The van der Waals surface area contributed by atoms with Crippen molar-refractivity contribution in [3.05, 3.63) is 11.1 Å². The fourth-order valence-electron chi connectivity index (χ4n) is 0.273. The second kappa shape index (κ2) is 3.75. The molecular formula is C5H6Cl2O2. The average molecular weight is 169 g/mol. The van der Waals surface area contributed by atoms with Crippen molar-refractivity contribution in [2.45, 2.75) is 12.3 Å². The van der Waals surface area contributed by atoms with Gasteiger partial charge in [-0.2, -0.15) is 0 Å². The Morgan fingerprint density at radius 2 is 2.22 bits per heavy atom. The highest BCUT2D eigenvalue weighted by Gasteiger charge is 2.08. The van der Waals surface area contributed by atoms with E-state index in [1.165, 1.54) is 6.08 Å². The summed E-state index contributed by atoms with van der Waals surface area (Å²) in [4.78, 5) is 10.00. The SMILES string of the molecule is C/C(Cl)=C/C(Cl)C(=O)O. The lowest BCUT2D eigenvalue weighted by Gasteiger charge is -1.93. The number of carboxylic acids is 1. The van der Waals surface area contributed by atoms with Crippen molar-refractivity contribution < 1.29 is 9.90 Å². The van der Waals surface area contributed by atoms with Crippen LogP contribution in [-0.4, -0.2) is 16.5 Å². The van der Waals surface area contributed by atoms with Crippen LogP contribution in [-0.2, 0) is 4.79 Å². The van der Waals surface area contributed by atoms with Crippen LogP contribution < -0.4 is 0 Å². The van der Waals surface area contributed by atoms with E-state index in [0.717, 1.165) is 0 Å². The number of alkyl halides is 1. The fraction of sp³-hybridized carbons (Fsp3) is 0.400. The van der Waals surface area contributed by atoms with Crippen LogP contribution in [0, 0.1) is 0 Å². The maximum absolute atomic E-state index is 10.00. The molecule has 0 saturated heterocycles. The third kappa shape index (κ3) is 4.30. The van der Waals surface area contributed by atoms with Gasteiger partial charge in [-0.05, 0) is 13.0 Å². The Morgan fingerprint density at radius 3 is 2.33 bits per heavy atom.